The average Bonchev–Trinajstić information content (AvgIpc) is 2.66. The summed E-state index contributed by atoms with van der Waals surface area (Å²) in [6.07, 6.45) is 4.20. The van der Waals surface area contributed by atoms with Crippen LogP contribution in [0, 0.1) is 5.92 Å². The molecule has 0 radical (unpaired) electrons. The number of hydrogen-bond acceptors (Lipinski definition) is 6. The second-order valence-corrected chi connectivity index (χ2v) is 8.01. The van der Waals surface area contributed by atoms with E-state index in [1.54, 1.807) is 6.07 Å². The highest BCUT2D eigenvalue weighted by molar-refractivity contribution is 6.31. The van der Waals surface area contributed by atoms with Crippen molar-refractivity contribution >= 4 is 17.3 Å². The number of methoxy groups -OCH3 is 1. The molecule has 7 heteroatoms. The van der Waals surface area contributed by atoms with Gasteiger partial charge < -0.3 is 24.7 Å². The molecule has 0 unspecified atom stereocenters. The number of fused-ring (bicyclic) bond motifs is 1. The number of ether oxygens (including phenoxy) is 2. The zero-order chi connectivity index (χ0) is 19.3. The minimum Gasteiger partial charge on any atom is -0.504 e. The van der Waals surface area contributed by atoms with Gasteiger partial charge in [-0.15, -0.1) is 0 Å². The number of phenols is 1. The minimum absolute atomic E-state index is 0.154. The average molecular weight is 393 g/mol. The summed E-state index contributed by atoms with van der Waals surface area (Å²) in [5, 5.41) is 24.7. The summed E-state index contributed by atoms with van der Waals surface area (Å²) in [5.41, 5.74) is 1.95. The maximum Gasteiger partial charge on any atom is 0.162 e. The van der Waals surface area contributed by atoms with Crippen LogP contribution in [0.4, 0.5) is 0 Å². The lowest BCUT2D eigenvalue weighted by molar-refractivity contribution is 0.0496. The summed E-state index contributed by atoms with van der Waals surface area (Å²) < 4.78 is 11.2. The summed E-state index contributed by atoms with van der Waals surface area (Å²) in [6.45, 7) is 3.28. The molecule has 1 aromatic carbocycles. The third kappa shape index (κ3) is 2.53. The molecule has 27 heavy (non-hydrogen) atoms. The number of nitrogens with zero attached hydrogens (tertiary/aromatic N) is 2. The molecule has 1 fully saturated rings. The number of oxime groups is 1. The van der Waals surface area contributed by atoms with Gasteiger partial charge in [0.05, 0.1) is 13.7 Å². The number of hydrogen-bond donors (Lipinski definition) is 2. The first-order valence-electron chi connectivity index (χ1n) is 9.32. The fourth-order valence-electron chi connectivity index (χ4n) is 5.26. The fourth-order valence-corrected chi connectivity index (χ4v) is 5.53. The van der Waals surface area contributed by atoms with E-state index in [1.165, 1.54) is 7.11 Å². The van der Waals surface area contributed by atoms with E-state index >= 15 is 0 Å². The van der Waals surface area contributed by atoms with E-state index in [9.17, 15) is 10.3 Å². The topological polar surface area (TPSA) is 74.5 Å². The van der Waals surface area contributed by atoms with Crippen molar-refractivity contribution in [2.45, 2.75) is 37.6 Å². The first-order chi connectivity index (χ1) is 13.0. The van der Waals surface area contributed by atoms with Gasteiger partial charge in [0.25, 0.3) is 0 Å². The fraction of sp³-hybridized carbons (Fsp3) is 0.550. The number of phenolic OH excluding ortho intramolecular Hbond substituents is 1. The Morgan fingerprint density at radius 2 is 2.19 bits per heavy atom. The number of piperidine rings is 1. The molecule has 3 atom stereocenters. The molecule has 2 aliphatic carbocycles. The Kier molecular flexibility index (Phi) is 4.51. The van der Waals surface area contributed by atoms with Crippen LogP contribution in [0.5, 0.6) is 11.5 Å². The Morgan fingerprint density at radius 3 is 2.85 bits per heavy atom. The normalized spacial score (nSPS) is 31.1. The highest BCUT2D eigenvalue weighted by Crippen LogP contribution is 2.58. The van der Waals surface area contributed by atoms with Crippen molar-refractivity contribution in [2.75, 3.05) is 27.3 Å². The van der Waals surface area contributed by atoms with Crippen molar-refractivity contribution in [3.05, 3.63) is 34.1 Å². The summed E-state index contributed by atoms with van der Waals surface area (Å²) >= 11 is 6.61. The summed E-state index contributed by atoms with van der Waals surface area (Å²) in [5.74, 6) is 1.29. The largest absolute Gasteiger partial charge is 0.504 e. The summed E-state index contributed by atoms with van der Waals surface area (Å²) in [7, 11) is 3.65. The minimum atomic E-state index is -0.425. The van der Waals surface area contributed by atoms with Gasteiger partial charge in [-0.3, -0.25) is 0 Å². The number of likely N-dealkylation sites (N-methyl/N-ethyl adjacent to an activating group) is 1. The number of allylic oxidation sites excluding steroid dienone is 2. The van der Waals surface area contributed by atoms with Crippen LogP contribution >= 0.6 is 11.6 Å². The van der Waals surface area contributed by atoms with E-state index in [0.717, 1.165) is 30.5 Å². The van der Waals surface area contributed by atoms with Crippen molar-refractivity contribution < 1.29 is 19.8 Å². The van der Waals surface area contributed by atoms with Gasteiger partial charge in [-0.1, -0.05) is 16.8 Å². The smallest absolute Gasteiger partial charge is 0.162 e. The molecule has 4 rings (SSSR count). The number of aromatic hydroxyl groups is 1. The molecule has 0 saturated carbocycles. The summed E-state index contributed by atoms with van der Waals surface area (Å²) in [4.78, 5) is 2.35. The van der Waals surface area contributed by atoms with Crippen LogP contribution in [0.1, 0.15) is 30.9 Å². The third-order valence-corrected chi connectivity index (χ3v) is 6.83. The van der Waals surface area contributed by atoms with Crippen LogP contribution in [0.3, 0.4) is 0 Å². The van der Waals surface area contributed by atoms with E-state index < -0.39 is 5.41 Å². The van der Waals surface area contributed by atoms with Crippen LogP contribution in [0.15, 0.2) is 23.1 Å². The van der Waals surface area contributed by atoms with Crippen LogP contribution in [-0.4, -0.2) is 54.3 Å². The number of rotatable bonds is 3. The SMILES string of the molecule is CCOC1=C[C@]23CCN(C)[C@H](Cc4c(Cl)cc(OC)c(O)c42)[C@@H]3CC1=NO. The third-order valence-electron chi connectivity index (χ3n) is 6.49. The Labute approximate surface area is 164 Å². The van der Waals surface area contributed by atoms with Crippen LogP contribution in [0.25, 0.3) is 0 Å². The monoisotopic (exact) mass is 392 g/mol. The van der Waals surface area contributed by atoms with Crippen molar-refractivity contribution in [3.8, 4) is 11.5 Å². The van der Waals surface area contributed by atoms with Crippen molar-refractivity contribution in [1.29, 1.82) is 0 Å². The number of benzene rings is 1. The highest BCUT2D eigenvalue weighted by Gasteiger charge is 2.56. The maximum absolute atomic E-state index is 11.1. The van der Waals surface area contributed by atoms with Gasteiger partial charge in [0.2, 0.25) is 0 Å². The van der Waals surface area contributed by atoms with E-state index in [-0.39, 0.29) is 17.7 Å². The second kappa shape index (κ2) is 6.60. The lowest BCUT2D eigenvalue weighted by Gasteiger charge is -2.56. The van der Waals surface area contributed by atoms with Gasteiger partial charge in [-0.25, -0.2) is 0 Å². The first-order valence-corrected chi connectivity index (χ1v) is 9.70. The molecule has 1 saturated heterocycles. The molecule has 0 aromatic heterocycles. The maximum atomic E-state index is 11.1. The van der Waals surface area contributed by atoms with Gasteiger partial charge in [-0.05, 0) is 50.9 Å². The Hall–Kier alpha value is -1.92. The molecule has 0 amide bonds. The molecular weight excluding hydrogens is 368 g/mol. The summed E-state index contributed by atoms with van der Waals surface area (Å²) in [6, 6.07) is 1.94. The van der Waals surface area contributed by atoms with Gasteiger partial charge in [0.15, 0.2) is 11.5 Å². The van der Waals surface area contributed by atoms with Crippen molar-refractivity contribution in [3.63, 3.8) is 0 Å². The van der Waals surface area contributed by atoms with Crippen LogP contribution in [0.2, 0.25) is 5.02 Å². The predicted molar refractivity (Wildman–Crippen MR) is 103 cm³/mol. The molecule has 6 nitrogen and oxygen atoms in total. The standard InChI is InChI=1S/C20H25ClN2O4/c1-4-27-17-10-20-5-6-23(2)15(12(20)8-14(17)22-25)7-11-13(21)9-16(26-3)19(24)18(11)20/h9-10,12,15,24-25H,4-8H2,1-3H3/t12-,15+,20-/m0/s1. The molecule has 1 heterocycles. The predicted octanol–water partition coefficient (Wildman–Crippen LogP) is 3.32. The van der Waals surface area contributed by atoms with Crippen LogP contribution in [-0.2, 0) is 16.6 Å². The van der Waals surface area contributed by atoms with Crippen molar-refractivity contribution in [1.82, 2.24) is 4.90 Å². The lowest BCUT2D eigenvalue weighted by atomic mass is 9.54. The molecule has 2 bridgehead atoms. The zero-order valence-electron chi connectivity index (χ0n) is 15.8. The van der Waals surface area contributed by atoms with Crippen molar-refractivity contribution in [2.24, 2.45) is 11.1 Å². The van der Waals surface area contributed by atoms with Gasteiger partial charge in [0.1, 0.15) is 11.5 Å². The molecule has 146 valence electrons. The Morgan fingerprint density at radius 1 is 1.41 bits per heavy atom. The molecule has 1 aromatic rings. The zero-order valence-corrected chi connectivity index (χ0v) is 16.6. The highest BCUT2D eigenvalue weighted by atomic mass is 35.5. The molecular formula is C20H25ClN2O4. The number of halogens is 1. The molecule has 0 spiro atoms. The van der Waals surface area contributed by atoms with Gasteiger partial charge in [0, 0.05) is 34.5 Å². The lowest BCUT2D eigenvalue weighted by Crippen LogP contribution is -2.60. The molecule has 2 N–H and O–H groups in total. The second-order valence-electron chi connectivity index (χ2n) is 7.60. The van der Waals surface area contributed by atoms with Crippen LogP contribution < -0.4 is 4.74 Å². The molecule has 1 aliphatic heterocycles. The Balaban J connectivity index is 2.02. The quantitative estimate of drug-likeness (QED) is 0.609. The van der Waals surface area contributed by atoms with E-state index in [2.05, 4.69) is 17.1 Å². The first kappa shape index (κ1) is 18.4. The van der Waals surface area contributed by atoms with E-state index in [4.69, 9.17) is 21.1 Å². The van der Waals surface area contributed by atoms with Gasteiger partial charge >= 0.3 is 0 Å². The number of likely N-dealkylation sites (tertiary alicyclic amines) is 1. The van der Waals surface area contributed by atoms with E-state index in [1.807, 2.05) is 13.0 Å². The van der Waals surface area contributed by atoms with Gasteiger partial charge in [-0.2, -0.15) is 0 Å². The molecule has 3 aliphatic rings. The Bertz CT molecular complexity index is 838. The van der Waals surface area contributed by atoms with E-state index in [0.29, 0.717) is 35.3 Å².